The highest BCUT2D eigenvalue weighted by Gasteiger charge is 2.34. The maximum atomic E-state index is 13.1. The fourth-order valence-corrected chi connectivity index (χ4v) is 2.71. The van der Waals surface area contributed by atoms with Crippen LogP contribution in [0.2, 0.25) is 0 Å². The van der Waals surface area contributed by atoms with Crippen LogP contribution in [0.25, 0.3) is 0 Å². The summed E-state index contributed by atoms with van der Waals surface area (Å²) in [6, 6.07) is 2.88. The summed E-state index contributed by atoms with van der Waals surface area (Å²) in [5.41, 5.74) is 1.35. The highest BCUT2D eigenvalue weighted by atomic mass is 32.1. The van der Waals surface area contributed by atoms with Gasteiger partial charge >= 0.3 is 19.3 Å². The number of anilines is 1. The van der Waals surface area contributed by atoms with E-state index in [-0.39, 0.29) is 24.1 Å². The van der Waals surface area contributed by atoms with Crippen LogP contribution in [0.3, 0.4) is 0 Å². The number of alkyl halides is 3. The van der Waals surface area contributed by atoms with E-state index >= 15 is 0 Å². The molecule has 0 aliphatic heterocycles. The zero-order valence-electron chi connectivity index (χ0n) is 14.0. The number of aromatic nitrogens is 1. The van der Waals surface area contributed by atoms with Gasteiger partial charge in [0.2, 0.25) is 5.13 Å². The van der Waals surface area contributed by atoms with Crippen LogP contribution in [0.5, 0.6) is 0 Å². The number of hydrogen-bond acceptors (Lipinski definition) is 8. The second-order valence-electron chi connectivity index (χ2n) is 5.21. The zero-order chi connectivity index (χ0) is 20.0. The van der Waals surface area contributed by atoms with Gasteiger partial charge in [-0.15, -0.1) is 11.3 Å². The molecule has 0 radical (unpaired) electrons. The Bertz CT molecular complexity index is 827. The molecule has 0 saturated carbocycles. The molecule has 1 aromatic heterocycles. The topological polar surface area (TPSA) is 104 Å². The number of thiazole rings is 1. The third-order valence-electron chi connectivity index (χ3n) is 3.23. The minimum absolute atomic E-state index is 0.0150. The molecule has 0 atom stereocenters. The number of benzene rings is 1. The van der Waals surface area contributed by atoms with Crippen molar-refractivity contribution in [3.05, 3.63) is 40.4 Å². The van der Waals surface area contributed by atoms with Gasteiger partial charge in [-0.1, -0.05) is 12.1 Å². The van der Waals surface area contributed by atoms with E-state index in [9.17, 15) is 18.0 Å². The van der Waals surface area contributed by atoms with Crippen molar-refractivity contribution >= 4 is 41.2 Å². The van der Waals surface area contributed by atoms with Crippen LogP contribution < -0.4 is 10.9 Å². The van der Waals surface area contributed by atoms with Crippen molar-refractivity contribution in [1.82, 2.24) is 4.98 Å². The number of carbonyl (C=O) groups excluding carboxylic acids is 1. The van der Waals surface area contributed by atoms with Crippen molar-refractivity contribution in [2.75, 3.05) is 12.0 Å². The second-order valence-corrected chi connectivity index (χ2v) is 6.07. The van der Waals surface area contributed by atoms with Gasteiger partial charge in [-0.3, -0.25) is 10.2 Å². The Morgan fingerprint density at radius 1 is 1.44 bits per heavy atom. The van der Waals surface area contributed by atoms with Crippen LogP contribution in [0.1, 0.15) is 23.7 Å². The molecule has 0 bridgehead atoms. The predicted molar refractivity (Wildman–Crippen MR) is 94.9 cm³/mol. The third-order valence-corrected chi connectivity index (χ3v) is 4.02. The summed E-state index contributed by atoms with van der Waals surface area (Å²) in [5.74, 6) is -0.432. The van der Waals surface area contributed by atoms with Crippen LogP contribution in [-0.2, 0) is 22.1 Å². The van der Waals surface area contributed by atoms with Crippen molar-refractivity contribution in [3.8, 4) is 0 Å². The van der Waals surface area contributed by atoms with E-state index in [0.29, 0.717) is 16.9 Å². The van der Waals surface area contributed by atoms with E-state index in [0.717, 1.165) is 29.7 Å². The van der Waals surface area contributed by atoms with Gasteiger partial charge in [0.15, 0.2) is 0 Å². The minimum Gasteiger partial charge on any atom is -0.466 e. The first kappa shape index (κ1) is 20.9. The number of halogens is 3. The first-order valence-corrected chi connectivity index (χ1v) is 8.55. The quantitative estimate of drug-likeness (QED) is 0.281. The predicted octanol–water partition coefficient (Wildman–Crippen LogP) is 1.39. The van der Waals surface area contributed by atoms with Crippen LogP contribution in [0, 0.1) is 0 Å². The van der Waals surface area contributed by atoms with E-state index in [1.165, 1.54) is 0 Å². The molecular formula is C15H15BF3N3O4S. The standard InChI is InChI=1S/C15H15BF3N3O4S/c1-2-26-13(23)6-11-8-27-14(21-11)22-20-7-9-3-4-10(16(24)25)5-12(9)15(17,18)19/h3-5,7-8,24-25H,2,6H2,1H3,(H,21,22). The van der Waals surface area contributed by atoms with E-state index in [1.54, 1.807) is 12.3 Å². The van der Waals surface area contributed by atoms with E-state index in [2.05, 4.69) is 15.5 Å². The van der Waals surface area contributed by atoms with Gasteiger partial charge in [-0.2, -0.15) is 18.3 Å². The number of nitrogens with one attached hydrogen (secondary N) is 1. The number of esters is 1. The van der Waals surface area contributed by atoms with Crippen molar-refractivity contribution in [1.29, 1.82) is 0 Å². The Labute approximate surface area is 156 Å². The lowest BCUT2D eigenvalue weighted by molar-refractivity contribution is -0.142. The Morgan fingerprint density at radius 3 is 2.81 bits per heavy atom. The number of hydrazone groups is 1. The zero-order valence-corrected chi connectivity index (χ0v) is 14.8. The van der Waals surface area contributed by atoms with Gasteiger partial charge in [0.25, 0.3) is 0 Å². The molecule has 1 aromatic carbocycles. The Balaban J connectivity index is 2.10. The van der Waals surface area contributed by atoms with Gasteiger partial charge in [0.1, 0.15) is 0 Å². The molecule has 1 heterocycles. The van der Waals surface area contributed by atoms with Crippen molar-refractivity contribution < 1.29 is 32.8 Å². The van der Waals surface area contributed by atoms with Gasteiger partial charge in [-0.25, -0.2) is 4.98 Å². The fourth-order valence-electron chi connectivity index (χ4n) is 2.05. The molecule has 0 fully saturated rings. The molecule has 0 saturated heterocycles. The van der Waals surface area contributed by atoms with Crippen molar-refractivity contribution in [2.24, 2.45) is 5.10 Å². The molecule has 2 rings (SSSR count). The molecule has 7 nitrogen and oxygen atoms in total. The minimum atomic E-state index is -4.69. The van der Waals surface area contributed by atoms with E-state index in [4.69, 9.17) is 14.8 Å². The van der Waals surface area contributed by atoms with Gasteiger partial charge < -0.3 is 14.8 Å². The fraction of sp³-hybridized carbons (Fsp3) is 0.267. The summed E-state index contributed by atoms with van der Waals surface area (Å²) in [7, 11) is -2.01. The maximum Gasteiger partial charge on any atom is 0.488 e. The summed E-state index contributed by atoms with van der Waals surface area (Å²) in [5, 5.41) is 23.7. The number of hydrogen-bond donors (Lipinski definition) is 3. The summed E-state index contributed by atoms with van der Waals surface area (Å²) in [4.78, 5) is 15.5. The molecule has 0 aliphatic rings. The Kier molecular flexibility index (Phi) is 6.94. The van der Waals surface area contributed by atoms with Gasteiger partial charge in [0.05, 0.1) is 30.5 Å². The molecule has 2 aromatic rings. The summed E-state index contributed by atoms with van der Waals surface area (Å²) < 4.78 is 44.2. The largest absolute Gasteiger partial charge is 0.488 e. The Hall–Kier alpha value is -2.44. The Morgan fingerprint density at radius 2 is 2.19 bits per heavy atom. The SMILES string of the molecule is CCOC(=O)Cc1csc(NN=Cc2ccc(B(O)O)cc2C(F)(F)F)n1. The summed E-state index contributed by atoms with van der Waals surface area (Å²) in [6.45, 7) is 1.94. The lowest BCUT2D eigenvalue weighted by Gasteiger charge is -2.11. The third kappa shape index (κ3) is 6.05. The molecule has 0 aliphatic carbocycles. The second kappa shape index (κ2) is 8.97. The van der Waals surface area contributed by atoms with Crippen molar-refractivity contribution in [3.63, 3.8) is 0 Å². The molecule has 0 unspecified atom stereocenters. The van der Waals surface area contributed by atoms with Gasteiger partial charge in [0, 0.05) is 10.9 Å². The van der Waals surface area contributed by atoms with Gasteiger partial charge in [-0.05, 0) is 18.5 Å². The lowest BCUT2D eigenvalue weighted by Crippen LogP contribution is -2.31. The number of rotatable bonds is 7. The highest BCUT2D eigenvalue weighted by molar-refractivity contribution is 7.13. The normalized spacial score (nSPS) is 11.6. The van der Waals surface area contributed by atoms with Crippen LogP contribution in [-0.4, -0.2) is 40.9 Å². The number of nitrogens with zero attached hydrogens (tertiary/aromatic N) is 2. The number of carbonyl (C=O) groups is 1. The maximum absolute atomic E-state index is 13.1. The molecule has 144 valence electrons. The molecule has 12 heteroatoms. The molecule has 0 spiro atoms. The number of ether oxygens (including phenoxy) is 1. The molecule has 27 heavy (non-hydrogen) atoms. The highest BCUT2D eigenvalue weighted by Crippen LogP contribution is 2.30. The molecular weight excluding hydrogens is 386 g/mol. The average molecular weight is 401 g/mol. The van der Waals surface area contributed by atoms with Crippen LogP contribution >= 0.6 is 11.3 Å². The molecule has 0 amide bonds. The summed E-state index contributed by atoms with van der Waals surface area (Å²) >= 11 is 1.13. The summed E-state index contributed by atoms with van der Waals surface area (Å²) in [6.07, 6.45) is -3.76. The first-order chi connectivity index (χ1) is 12.7. The molecule has 3 N–H and O–H groups in total. The first-order valence-electron chi connectivity index (χ1n) is 7.67. The van der Waals surface area contributed by atoms with E-state index in [1.807, 2.05) is 0 Å². The monoisotopic (exact) mass is 401 g/mol. The van der Waals surface area contributed by atoms with Crippen molar-refractivity contribution in [2.45, 2.75) is 19.5 Å². The smallest absolute Gasteiger partial charge is 0.466 e. The van der Waals surface area contributed by atoms with Crippen LogP contribution in [0.4, 0.5) is 18.3 Å². The lowest BCUT2D eigenvalue weighted by atomic mass is 9.79. The average Bonchev–Trinajstić information content (AvgIpc) is 3.01. The van der Waals surface area contributed by atoms with Crippen LogP contribution in [0.15, 0.2) is 28.7 Å². The van der Waals surface area contributed by atoms with E-state index < -0.39 is 24.8 Å².